The number of carbonyl (C=O) groups is 1. The second kappa shape index (κ2) is 3.27. The summed E-state index contributed by atoms with van der Waals surface area (Å²) in [5, 5.41) is 8.63. The van der Waals surface area contributed by atoms with Gasteiger partial charge in [-0.1, -0.05) is 0 Å². The number of nitrogens with zero attached hydrogens (tertiary/aromatic N) is 1. The highest BCUT2D eigenvalue weighted by atomic mass is 16.5. The van der Waals surface area contributed by atoms with Gasteiger partial charge in [-0.05, 0) is 12.8 Å². The SMILES string of the molecule is O=C(CO)N1CC2(CCCOC2)C1. The van der Waals surface area contributed by atoms with E-state index < -0.39 is 0 Å². The lowest BCUT2D eigenvalue weighted by atomic mass is 9.75. The third kappa shape index (κ3) is 1.56. The Bertz CT molecular complexity index is 203. The van der Waals surface area contributed by atoms with E-state index in [4.69, 9.17) is 9.84 Å². The Morgan fingerprint density at radius 2 is 2.31 bits per heavy atom. The van der Waals surface area contributed by atoms with Crippen molar-refractivity contribution < 1.29 is 14.6 Å². The Morgan fingerprint density at radius 1 is 1.54 bits per heavy atom. The molecule has 2 fully saturated rings. The van der Waals surface area contributed by atoms with Crippen molar-refractivity contribution in [3.8, 4) is 0 Å². The second-order valence-electron chi connectivity index (χ2n) is 4.06. The summed E-state index contributed by atoms with van der Waals surface area (Å²) < 4.78 is 5.39. The number of amides is 1. The summed E-state index contributed by atoms with van der Waals surface area (Å²) in [6, 6.07) is 0. The van der Waals surface area contributed by atoms with Gasteiger partial charge in [-0.3, -0.25) is 4.79 Å². The average molecular weight is 185 g/mol. The van der Waals surface area contributed by atoms with Gasteiger partial charge in [0.1, 0.15) is 6.61 Å². The lowest BCUT2D eigenvalue weighted by Gasteiger charge is -2.51. The molecule has 4 heteroatoms. The van der Waals surface area contributed by atoms with Crippen LogP contribution in [0.5, 0.6) is 0 Å². The van der Waals surface area contributed by atoms with Crippen LogP contribution in [0, 0.1) is 5.41 Å². The van der Waals surface area contributed by atoms with Crippen LogP contribution >= 0.6 is 0 Å². The summed E-state index contributed by atoms with van der Waals surface area (Å²) in [7, 11) is 0. The molecule has 0 unspecified atom stereocenters. The van der Waals surface area contributed by atoms with E-state index in [2.05, 4.69) is 0 Å². The molecule has 2 heterocycles. The van der Waals surface area contributed by atoms with Crippen LogP contribution in [0.25, 0.3) is 0 Å². The summed E-state index contributed by atoms with van der Waals surface area (Å²) in [5.41, 5.74) is 0.225. The minimum atomic E-state index is -0.364. The molecule has 1 spiro atoms. The van der Waals surface area contributed by atoms with Gasteiger partial charge in [-0.25, -0.2) is 0 Å². The first-order valence-electron chi connectivity index (χ1n) is 4.72. The van der Waals surface area contributed by atoms with E-state index in [0.717, 1.165) is 39.1 Å². The minimum Gasteiger partial charge on any atom is -0.387 e. The molecule has 0 aromatic heterocycles. The Morgan fingerprint density at radius 3 is 2.85 bits per heavy atom. The lowest BCUT2D eigenvalue weighted by molar-refractivity contribution is -0.156. The number of hydrogen-bond acceptors (Lipinski definition) is 3. The van der Waals surface area contributed by atoms with Crippen molar-refractivity contribution in [3.63, 3.8) is 0 Å². The third-order valence-corrected chi connectivity index (χ3v) is 2.94. The maximum atomic E-state index is 11.1. The van der Waals surface area contributed by atoms with Gasteiger partial charge in [0, 0.05) is 25.1 Å². The van der Waals surface area contributed by atoms with Gasteiger partial charge in [0.25, 0.3) is 0 Å². The van der Waals surface area contributed by atoms with Crippen molar-refractivity contribution >= 4 is 5.91 Å². The van der Waals surface area contributed by atoms with Crippen LogP contribution < -0.4 is 0 Å². The molecule has 74 valence electrons. The lowest BCUT2D eigenvalue weighted by Crippen LogP contribution is -2.62. The molecule has 0 atom stereocenters. The van der Waals surface area contributed by atoms with Crippen molar-refractivity contribution in [1.82, 2.24) is 4.90 Å². The predicted molar refractivity (Wildman–Crippen MR) is 46.2 cm³/mol. The number of carbonyl (C=O) groups excluding carboxylic acids is 1. The first kappa shape index (κ1) is 8.97. The molecule has 1 amide bonds. The number of hydrogen-bond donors (Lipinski definition) is 1. The van der Waals surface area contributed by atoms with Crippen LogP contribution in [0.2, 0.25) is 0 Å². The Hall–Kier alpha value is -0.610. The van der Waals surface area contributed by atoms with Gasteiger partial charge in [-0.2, -0.15) is 0 Å². The second-order valence-corrected chi connectivity index (χ2v) is 4.06. The average Bonchev–Trinajstić information content (AvgIpc) is 2.14. The number of aliphatic hydroxyl groups excluding tert-OH is 1. The largest absolute Gasteiger partial charge is 0.387 e. The van der Waals surface area contributed by atoms with Gasteiger partial charge in [0.15, 0.2) is 0 Å². The molecule has 4 nitrogen and oxygen atoms in total. The van der Waals surface area contributed by atoms with Crippen molar-refractivity contribution in [2.24, 2.45) is 5.41 Å². The third-order valence-electron chi connectivity index (χ3n) is 2.94. The van der Waals surface area contributed by atoms with Crippen LogP contribution in [-0.2, 0) is 9.53 Å². The maximum Gasteiger partial charge on any atom is 0.248 e. The molecule has 2 saturated heterocycles. The standard InChI is InChI=1S/C9H15NO3/c11-4-8(12)10-5-9(6-10)2-1-3-13-7-9/h11H,1-7H2. The van der Waals surface area contributed by atoms with Crippen molar-refractivity contribution in [2.75, 3.05) is 32.9 Å². The summed E-state index contributed by atoms with van der Waals surface area (Å²) in [4.78, 5) is 12.8. The zero-order valence-corrected chi connectivity index (χ0v) is 7.66. The Balaban J connectivity index is 1.85. The van der Waals surface area contributed by atoms with E-state index in [9.17, 15) is 4.79 Å². The number of ether oxygens (including phenoxy) is 1. The fourth-order valence-corrected chi connectivity index (χ4v) is 2.20. The molecule has 2 rings (SSSR count). The molecule has 0 aromatic rings. The smallest absolute Gasteiger partial charge is 0.248 e. The first-order chi connectivity index (χ1) is 6.26. The highest BCUT2D eigenvalue weighted by Crippen LogP contribution is 2.37. The molecular weight excluding hydrogens is 170 g/mol. The Labute approximate surface area is 77.5 Å². The van der Waals surface area contributed by atoms with Gasteiger partial charge in [-0.15, -0.1) is 0 Å². The number of aliphatic hydroxyl groups is 1. The van der Waals surface area contributed by atoms with E-state index in [1.807, 2.05) is 0 Å². The summed E-state index contributed by atoms with van der Waals surface area (Å²) >= 11 is 0. The normalized spacial score (nSPS) is 25.8. The Kier molecular flexibility index (Phi) is 2.26. The number of likely N-dealkylation sites (tertiary alicyclic amines) is 1. The summed E-state index contributed by atoms with van der Waals surface area (Å²) in [5.74, 6) is -0.156. The van der Waals surface area contributed by atoms with Gasteiger partial charge >= 0.3 is 0 Å². The van der Waals surface area contributed by atoms with E-state index in [0.29, 0.717) is 0 Å². The molecule has 0 radical (unpaired) electrons. The maximum absolute atomic E-state index is 11.1. The van der Waals surface area contributed by atoms with Crippen molar-refractivity contribution in [2.45, 2.75) is 12.8 Å². The molecule has 2 aliphatic heterocycles. The molecule has 0 aromatic carbocycles. The summed E-state index contributed by atoms with van der Waals surface area (Å²) in [6.45, 7) is 2.81. The first-order valence-corrected chi connectivity index (χ1v) is 4.72. The topological polar surface area (TPSA) is 49.8 Å². The van der Waals surface area contributed by atoms with Crippen LogP contribution in [0.1, 0.15) is 12.8 Å². The van der Waals surface area contributed by atoms with Gasteiger partial charge in [0.2, 0.25) is 5.91 Å². The molecule has 0 saturated carbocycles. The zero-order chi connectivity index (χ0) is 9.31. The van der Waals surface area contributed by atoms with E-state index in [1.165, 1.54) is 0 Å². The molecule has 13 heavy (non-hydrogen) atoms. The van der Waals surface area contributed by atoms with E-state index in [-0.39, 0.29) is 17.9 Å². The molecule has 1 N–H and O–H groups in total. The van der Waals surface area contributed by atoms with Crippen LogP contribution in [0.3, 0.4) is 0 Å². The monoisotopic (exact) mass is 185 g/mol. The minimum absolute atomic E-state index is 0.156. The van der Waals surface area contributed by atoms with Crippen molar-refractivity contribution in [1.29, 1.82) is 0 Å². The molecule has 0 bridgehead atoms. The highest BCUT2D eigenvalue weighted by molar-refractivity contribution is 5.78. The highest BCUT2D eigenvalue weighted by Gasteiger charge is 2.45. The quantitative estimate of drug-likeness (QED) is 0.605. The van der Waals surface area contributed by atoms with Crippen molar-refractivity contribution in [3.05, 3.63) is 0 Å². The zero-order valence-electron chi connectivity index (χ0n) is 7.66. The van der Waals surface area contributed by atoms with E-state index in [1.54, 1.807) is 4.90 Å². The van der Waals surface area contributed by atoms with Crippen LogP contribution in [0.15, 0.2) is 0 Å². The van der Waals surface area contributed by atoms with Crippen LogP contribution in [-0.4, -0.2) is 48.8 Å². The van der Waals surface area contributed by atoms with Crippen LogP contribution in [0.4, 0.5) is 0 Å². The predicted octanol–water partition coefficient (Wildman–Crippen LogP) is -0.382. The fourth-order valence-electron chi connectivity index (χ4n) is 2.20. The van der Waals surface area contributed by atoms with Gasteiger partial charge in [0.05, 0.1) is 6.61 Å². The molecule has 0 aliphatic carbocycles. The molecular formula is C9H15NO3. The summed E-state index contributed by atoms with van der Waals surface area (Å²) in [6.07, 6.45) is 2.25. The van der Waals surface area contributed by atoms with Gasteiger partial charge < -0.3 is 14.7 Å². The molecule has 2 aliphatic rings. The number of rotatable bonds is 1. The fraction of sp³-hybridized carbons (Fsp3) is 0.889. The van der Waals surface area contributed by atoms with E-state index >= 15 is 0 Å².